The molecule has 12 heteroatoms. The third-order valence-corrected chi connectivity index (χ3v) is 4.41. The molecule has 4 rings (SSSR count). The van der Waals surface area contributed by atoms with Crippen molar-refractivity contribution in [2.75, 3.05) is 10.7 Å². The summed E-state index contributed by atoms with van der Waals surface area (Å²) < 4.78 is 0. The van der Waals surface area contributed by atoms with Crippen LogP contribution in [0.1, 0.15) is 10.4 Å². The van der Waals surface area contributed by atoms with Gasteiger partial charge in [0.2, 0.25) is 0 Å². The molecule has 0 bridgehead atoms. The van der Waals surface area contributed by atoms with Gasteiger partial charge in [0.05, 0.1) is 4.92 Å². The number of benzene rings is 2. The second-order valence-corrected chi connectivity index (χ2v) is 6.59. The van der Waals surface area contributed by atoms with Gasteiger partial charge in [-0.1, -0.05) is 11.6 Å². The molecule has 3 N–H and O–H groups in total. The van der Waals surface area contributed by atoms with Gasteiger partial charge in [0.1, 0.15) is 23.7 Å². The van der Waals surface area contributed by atoms with Crippen LogP contribution >= 0.6 is 11.6 Å². The minimum absolute atomic E-state index is 0.108. The fraction of sp³-hybridized carbons (Fsp3) is 0. The highest BCUT2D eigenvalue weighted by atomic mass is 35.5. The highest BCUT2D eigenvalue weighted by Gasteiger charge is 2.13. The Morgan fingerprint density at radius 2 is 1.48 bits per heavy atom. The third-order valence-electron chi connectivity index (χ3n) is 4.16. The van der Waals surface area contributed by atoms with E-state index in [1.807, 2.05) is 0 Å². The van der Waals surface area contributed by atoms with Gasteiger partial charge in [-0.2, -0.15) is 0 Å². The Morgan fingerprint density at radius 3 is 2.13 bits per heavy atom. The van der Waals surface area contributed by atoms with Crippen LogP contribution in [0.3, 0.4) is 0 Å². The number of amides is 1. The Morgan fingerprint density at radius 1 is 0.871 bits per heavy atom. The molecular weight excluding hydrogens is 424 g/mol. The van der Waals surface area contributed by atoms with E-state index in [2.05, 4.69) is 36.1 Å². The van der Waals surface area contributed by atoms with Crippen molar-refractivity contribution in [3.63, 3.8) is 0 Å². The standard InChI is InChI=1S/C19H13ClN8O3/c20-12-3-5-13(6-4-12)25-17-15-16(22-9-23-17)18(24-10-21-15)26-27-19(29)11-1-7-14(8-2-11)28(30)31/h1-10H,(H,27,29)(H,21,24,26)(H,22,23,25). The first kappa shape index (κ1) is 19.9. The fourth-order valence-electron chi connectivity index (χ4n) is 2.66. The average molecular weight is 437 g/mol. The average Bonchev–Trinajstić information content (AvgIpc) is 2.79. The van der Waals surface area contributed by atoms with Crippen LogP contribution in [0, 0.1) is 10.1 Å². The summed E-state index contributed by atoms with van der Waals surface area (Å²) in [5.74, 6) is 0.191. The number of hydrogen-bond donors (Lipinski definition) is 3. The lowest BCUT2D eigenvalue weighted by Crippen LogP contribution is -2.30. The summed E-state index contributed by atoms with van der Waals surface area (Å²) in [4.78, 5) is 39.3. The predicted octanol–water partition coefficient (Wildman–Crippen LogP) is 3.48. The maximum absolute atomic E-state index is 12.3. The van der Waals surface area contributed by atoms with E-state index in [1.54, 1.807) is 24.3 Å². The summed E-state index contributed by atoms with van der Waals surface area (Å²) in [5, 5.41) is 14.5. The van der Waals surface area contributed by atoms with Crippen LogP contribution in [-0.2, 0) is 0 Å². The summed E-state index contributed by atoms with van der Waals surface area (Å²) in [6.45, 7) is 0. The van der Waals surface area contributed by atoms with Gasteiger partial charge < -0.3 is 5.32 Å². The molecule has 1 amide bonds. The summed E-state index contributed by atoms with van der Waals surface area (Å²) >= 11 is 5.91. The molecule has 2 aromatic carbocycles. The zero-order valence-corrected chi connectivity index (χ0v) is 16.4. The van der Waals surface area contributed by atoms with Crippen LogP contribution in [-0.4, -0.2) is 30.8 Å². The van der Waals surface area contributed by atoms with E-state index in [0.717, 1.165) is 5.69 Å². The van der Waals surface area contributed by atoms with Crippen molar-refractivity contribution in [3.05, 3.63) is 81.9 Å². The van der Waals surface area contributed by atoms with Gasteiger partial charge >= 0.3 is 0 Å². The number of nitrogens with one attached hydrogen (secondary N) is 3. The van der Waals surface area contributed by atoms with Crippen LogP contribution in [0.5, 0.6) is 0 Å². The molecule has 2 aromatic heterocycles. The number of hydrazine groups is 1. The molecule has 0 aliphatic carbocycles. The van der Waals surface area contributed by atoms with E-state index in [1.165, 1.54) is 36.9 Å². The predicted molar refractivity (Wildman–Crippen MR) is 114 cm³/mol. The number of nitrogens with zero attached hydrogens (tertiary/aromatic N) is 5. The third kappa shape index (κ3) is 4.46. The van der Waals surface area contributed by atoms with E-state index < -0.39 is 10.8 Å². The first-order valence-electron chi connectivity index (χ1n) is 8.80. The zero-order chi connectivity index (χ0) is 21.8. The lowest BCUT2D eigenvalue weighted by Gasteiger charge is -2.11. The van der Waals surface area contributed by atoms with Crippen molar-refractivity contribution in [3.8, 4) is 0 Å². The van der Waals surface area contributed by atoms with Crippen molar-refractivity contribution in [1.29, 1.82) is 0 Å². The van der Waals surface area contributed by atoms with Gasteiger partial charge in [-0.25, -0.2) is 19.9 Å². The second-order valence-electron chi connectivity index (χ2n) is 6.16. The van der Waals surface area contributed by atoms with Crippen molar-refractivity contribution in [1.82, 2.24) is 25.4 Å². The van der Waals surface area contributed by atoms with Crippen molar-refractivity contribution >= 4 is 51.6 Å². The molecule has 0 unspecified atom stereocenters. The van der Waals surface area contributed by atoms with Gasteiger partial charge in [-0.15, -0.1) is 0 Å². The molecule has 154 valence electrons. The van der Waals surface area contributed by atoms with Gasteiger partial charge in [0, 0.05) is 28.4 Å². The number of carbonyl (C=O) groups is 1. The lowest BCUT2D eigenvalue weighted by atomic mass is 10.2. The largest absolute Gasteiger partial charge is 0.338 e. The van der Waals surface area contributed by atoms with Gasteiger partial charge in [-0.05, 0) is 36.4 Å². The van der Waals surface area contributed by atoms with Gasteiger partial charge in [0.15, 0.2) is 11.6 Å². The summed E-state index contributed by atoms with van der Waals surface area (Å²) in [6.07, 6.45) is 2.65. The zero-order valence-electron chi connectivity index (χ0n) is 15.6. The second kappa shape index (κ2) is 8.55. The number of carbonyl (C=O) groups excluding carboxylic acids is 1. The first-order valence-corrected chi connectivity index (χ1v) is 9.18. The number of aromatic nitrogens is 4. The van der Waals surface area contributed by atoms with Crippen LogP contribution in [0.4, 0.5) is 23.0 Å². The Hall–Kier alpha value is -4.38. The van der Waals surface area contributed by atoms with Crippen LogP contribution < -0.4 is 16.2 Å². The lowest BCUT2D eigenvalue weighted by molar-refractivity contribution is -0.384. The Labute approximate surface area is 179 Å². The normalized spacial score (nSPS) is 10.5. The summed E-state index contributed by atoms with van der Waals surface area (Å²) in [6, 6.07) is 12.3. The van der Waals surface area contributed by atoms with E-state index in [9.17, 15) is 14.9 Å². The number of anilines is 3. The Kier molecular flexibility index (Phi) is 5.49. The maximum atomic E-state index is 12.3. The topological polar surface area (TPSA) is 148 Å². The molecule has 11 nitrogen and oxygen atoms in total. The van der Waals surface area contributed by atoms with Crippen LogP contribution in [0.25, 0.3) is 11.0 Å². The van der Waals surface area contributed by atoms with Crippen LogP contribution in [0.2, 0.25) is 5.02 Å². The van der Waals surface area contributed by atoms with Gasteiger partial charge in [-0.3, -0.25) is 25.8 Å². The van der Waals surface area contributed by atoms with E-state index in [0.29, 0.717) is 21.9 Å². The number of rotatable bonds is 6. The number of non-ortho nitro benzene ring substituents is 1. The van der Waals surface area contributed by atoms with Crippen molar-refractivity contribution in [2.24, 2.45) is 0 Å². The van der Waals surface area contributed by atoms with E-state index in [4.69, 9.17) is 11.6 Å². The Balaban J connectivity index is 1.53. The number of nitro benzene ring substituents is 1. The highest BCUT2D eigenvalue weighted by Crippen LogP contribution is 2.24. The summed E-state index contributed by atoms with van der Waals surface area (Å²) in [5.41, 5.74) is 6.87. The number of fused-ring (bicyclic) bond motifs is 1. The molecule has 0 aliphatic rings. The van der Waals surface area contributed by atoms with Crippen LogP contribution in [0.15, 0.2) is 61.2 Å². The van der Waals surface area contributed by atoms with Gasteiger partial charge in [0.25, 0.3) is 11.6 Å². The maximum Gasteiger partial charge on any atom is 0.269 e. The first-order chi connectivity index (χ1) is 15.0. The molecule has 31 heavy (non-hydrogen) atoms. The van der Waals surface area contributed by atoms with E-state index in [-0.39, 0.29) is 17.1 Å². The molecule has 0 fully saturated rings. The molecule has 0 spiro atoms. The number of hydrogen-bond acceptors (Lipinski definition) is 9. The molecule has 0 aliphatic heterocycles. The van der Waals surface area contributed by atoms with E-state index >= 15 is 0 Å². The quantitative estimate of drug-likeness (QED) is 0.305. The number of nitro groups is 1. The molecule has 0 saturated heterocycles. The molecule has 0 atom stereocenters. The van der Waals surface area contributed by atoms with Crippen molar-refractivity contribution < 1.29 is 9.72 Å². The SMILES string of the molecule is O=C(NNc1ncnc2c(Nc3ccc(Cl)cc3)ncnc12)c1ccc([N+](=O)[O-])cc1. The molecule has 4 aromatic rings. The fourth-order valence-corrected chi connectivity index (χ4v) is 2.78. The molecule has 0 radical (unpaired) electrons. The highest BCUT2D eigenvalue weighted by molar-refractivity contribution is 6.30. The molecule has 2 heterocycles. The summed E-state index contributed by atoms with van der Waals surface area (Å²) in [7, 11) is 0. The molecular formula is C19H13ClN8O3. The van der Waals surface area contributed by atoms with Crippen molar-refractivity contribution in [2.45, 2.75) is 0 Å². The minimum atomic E-state index is -0.539. The Bertz CT molecular complexity index is 1270. The monoisotopic (exact) mass is 436 g/mol. The molecule has 0 saturated carbocycles. The number of halogens is 1. The minimum Gasteiger partial charge on any atom is -0.338 e. The smallest absolute Gasteiger partial charge is 0.269 e.